The molecule has 6 nitrogen and oxygen atoms in total. The molecule has 0 spiro atoms. The van der Waals surface area contributed by atoms with E-state index in [1.807, 2.05) is 54.7 Å². The zero-order valence-corrected chi connectivity index (χ0v) is 19.0. The first-order valence-electron chi connectivity index (χ1n) is 11.3. The smallest absolute Gasteiger partial charge is 0.412 e. The average molecular weight is 462 g/mol. The van der Waals surface area contributed by atoms with Gasteiger partial charge in [-0.15, -0.1) is 0 Å². The summed E-state index contributed by atoms with van der Waals surface area (Å²) in [5.41, 5.74) is 9.15. The van der Waals surface area contributed by atoms with E-state index in [0.717, 1.165) is 34.2 Å². The number of carbonyl (C=O) groups excluding carboxylic acids is 1. The summed E-state index contributed by atoms with van der Waals surface area (Å²) < 4.78 is 26.4. The third-order valence-electron chi connectivity index (χ3n) is 5.62. The number of ether oxygens (including phenoxy) is 2. The summed E-state index contributed by atoms with van der Waals surface area (Å²) in [6, 6.07) is 20.0. The number of aromatic amines is 1. The van der Waals surface area contributed by atoms with Gasteiger partial charge in [0.1, 0.15) is 12.4 Å². The van der Waals surface area contributed by atoms with Crippen LogP contribution in [0.15, 0.2) is 72.9 Å². The first-order valence-corrected chi connectivity index (χ1v) is 11.3. The molecule has 0 aliphatic heterocycles. The van der Waals surface area contributed by atoms with Crippen molar-refractivity contribution in [3.8, 4) is 5.75 Å². The maximum atomic E-state index is 15.5. The Bertz CT molecular complexity index is 1260. The van der Waals surface area contributed by atoms with Gasteiger partial charge in [-0.05, 0) is 41.3 Å². The van der Waals surface area contributed by atoms with E-state index in [-0.39, 0.29) is 18.8 Å². The molecule has 0 radical (unpaired) electrons. The highest BCUT2D eigenvalue weighted by atomic mass is 19.1. The first-order chi connectivity index (χ1) is 16.6. The molecule has 3 aromatic carbocycles. The number of nitrogens with two attached hydrogens (primary N) is 1. The number of hydrogen-bond donors (Lipinski definition) is 3. The van der Waals surface area contributed by atoms with Crippen molar-refractivity contribution in [3.05, 3.63) is 95.4 Å². The fourth-order valence-corrected chi connectivity index (χ4v) is 3.93. The van der Waals surface area contributed by atoms with E-state index in [4.69, 9.17) is 15.2 Å². The van der Waals surface area contributed by atoms with Crippen molar-refractivity contribution in [3.63, 3.8) is 0 Å². The zero-order chi connectivity index (χ0) is 23.9. The predicted molar refractivity (Wildman–Crippen MR) is 132 cm³/mol. The Kier molecular flexibility index (Phi) is 7.44. The van der Waals surface area contributed by atoms with Crippen molar-refractivity contribution >= 4 is 22.7 Å². The Labute approximate surface area is 197 Å². The molecule has 4 N–H and O–H groups in total. The SMILES string of the molecule is CCCOc1ccc2c(C(CN)c3cccc(NC(=O)OCc4ccccc4)c3F)c[nH]c2c1. The molecular formula is C27H28FN3O3. The van der Waals surface area contributed by atoms with Crippen LogP contribution in [0.4, 0.5) is 14.9 Å². The summed E-state index contributed by atoms with van der Waals surface area (Å²) >= 11 is 0. The van der Waals surface area contributed by atoms with Gasteiger partial charge >= 0.3 is 6.09 Å². The maximum absolute atomic E-state index is 15.5. The molecule has 4 rings (SSSR count). The Morgan fingerprint density at radius 1 is 1.09 bits per heavy atom. The second-order valence-corrected chi connectivity index (χ2v) is 7.98. The average Bonchev–Trinajstić information content (AvgIpc) is 3.28. The molecule has 0 bridgehead atoms. The van der Waals surface area contributed by atoms with Gasteiger partial charge in [-0.2, -0.15) is 0 Å². The van der Waals surface area contributed by atoms with Crippen LogP contribution in [-0.2, 0) is 11.3 Å². The molecule has 176 valence electrons. The molecule has 34 heavy (non-hydrogen) atoms. The van der Waals surface area contributed by atoms with Crippen LogP contribution in [0, 0.1) is 5.82 Å². The van der Waals surface area contributed by atoms with E-state index in [1.54, 1.807) is 12.1 Å². The molecule has 1 amide bonds. The topological polar surface area (TPSA) is 89.4 Å². The predicted octanol–water partition coefficient (Wildman–Crippen LogP) is 5.94. The van der Waals surface area contributed by atoms with E-state index in [0.29, 0.717) is 12.2 Å². The monoisotopic (exact) mass is 461 g/mol. The first kappa shape index (κ1) is 23.3. The highest BCUT2D eigenvalue weighted by molar-refractivity contribution is 5.86. The van der Waals surface area contributed by atoms with Crippen molar-refractivity contribution in [2.45, 2.75) is 25.9 Å². The highest BCUT2D eigenvalue weighted by Gasteiger charge is 2.22. The number of amides is 1. The van der Waals surface area contributed by atoms with Gasteiger partial charge in [-0.3, -0.25) is 5.32 Å². The lowest BCUT2D eigenvalue weighted by molar-refractivity contribution is 0.155. The highest BCUT2D eigenvalue weighted by Crippen LogP contribution is 2.34. The minimum atomic E-state index is -0.726. The standard InChI is InChI=1S/C27H28FN3O3/c1-2-13-33-19-11-12-20-23(16-30-25(20)14-19)22(15-29)21-9-6-10-24(26(21)28)31-27(32)34-17-18-7-4-3-5-8-18/h3-12,14,16,22,30H,2,13,15,17,29H2,1H3,(H,31,32). The minimum Gasteiger partial charge on any atom is -0.494 e. The lowest BCUT2D eigenvalue weighted by Gasteiger charge is -2.18. The van der Waals surface area contributed by atoms with Crippen molar-refractivity contribution in [1.29, 1.82) is 0 Å². The van der Waals surface area contributed by atoms with Gasteiger partial charge < -0.3 is 20.2 Å². The Morgan fingerprint density at radius 3 is 2.68 bits per heavy atom. The Morgan fingerprint density at radius 2 is 1.91 bits per heavy atom. The number of anilines is 1. The molecule has 1 atom stereocenters. The van der Waals surface area contributed by atoms with Crippen molar-refractivity contribution in [2.75, 3.05) is 18.5 Å². The number of halogens is 1. The van der Waals surface area contributed by atoms with Gasteiger partial charge in [-0.1, -0.05) is 49.4 Å². The summed E-state index contributed by atoms with van der Waals surface area (Å²) in [5, 5.41) is 3.45. The molecule has 1 heterocycles. The lowest BCUT2D eigenvalue weighted by Crippen LogP contribution is -2.18. The Balaban J connectivity index is 1.54. The fraction of sp³-hybridized carbons (Fsp3) is 0.222. The summed E-state index contributed by atoms with van der Waals surface area (Å²) in [4.78, 5) is 15.5. The number of rotatable bonds is 9. The molecule has 1 aromatic heterocycles. The third kappa shape index (κ3) is 5.21. The van der Waals surface area contributed by atoms with Crippen LogP contribution in [0.3, 0.4) is 0 Å². The molecule has 7 heteroatoms. The number of hydrogen-bond acceptors (Lipinski definition) is 4. The van der Waals surface area contributed by atoms with Gasteiger partial charge in [0.2, 0.25) is 0 Å². The van der Waals surface area contributed by atoms with Crippen LogP contribution >= 0.6 is 0 Å². The van der Waals surface area contributed by atoms with Crippen LogP contribution in [0.5, 0.6) is 5.75 Å². The van der Waals surface area contributed by atoms with Gasteiger partial charge in [0.25, 0.3) is 0 Å². The molecule has 0 aliphatic carbocycles. The maximum Gasteiger partial charge on any atom is 0.412 e. The molecule has 1 unspecified atom stereocenters. The van der Waals surface area contributed by atoms with E-state index in [2.05, 4.69) is 17.2 Å². The lowest BCUT2D eigenvalue weighted by atomic mass is 9.90. The normalized spacial score (nSPS) is 11.9. The van der Waals surface area contributed by atoms with E-state index in [1.165, 1.54) is 6.07 Å². The molecule has 4 aromatic rings. The second-order valence-electron chi connectivity index (χ2n) is 7.98. The van der Waals surface area contributed by atoms with Gasteiger partial charge in [0, 0.05) is 35.6 Å². The summed E-state index contributed by atoms with van der Waals surface area (Å²) in [6.07, 6.45) is 2.04. The van der Waals surface area contributed by atoms with E-state index in [9.17, 15) is 4.79 Å². The molecular weight excluding hydrogens is 433 g/mol. The Hall–Kier alpha value is -3.84. The fourth-order valence-electron chi connectivity index (χ4n) is 3.93. The summed E-state index contributed by atoms with van der Waals surface area (Å²) in [5.74, 6) is -0.163. The van der Waals surface area contributed by atoms with Crippen molar-refractivity contribution in [1.82, 2.24) is 4.98 Å². The summed E-state index contributed by atoms with van der Waals surface area (Å²) in [6.45, 7) is 2.99. The molecule has 0 saturated carbocycles. The van der Waals surface area contributed by atoms with Crippen LogP contribution in [0.1, 0.15) is 36.0 Å². The number of carbonyl (C=O) groups is 1. The van der Waals surface area contributed by atoms with Gasteiger partial charge in [0.15, 0.2) is 5.82 Å². The van der Waals surface area contributed by atoms with Gasteiger partial charge in [-0.25, -0.2) is 9.18 Å². The number of H-pyrrole nitrogens is 1. The summed E-state index contributed by atoms with van der Waals surface area (Å²) in [7, 11) is 0. The second kappa shape index (κ2) is 10.9. The minimum absolute atomic E-state index is 0.0455. The number of benzene rings is 3. The zero-order valence-electron chi connectivity index (χ0n) is 19.0. The molecule has 0 aliphatic rings. The van der Waals surface area contributed by atoms with E-state index >= 15 is 4.39 Å². The molecule has 0 saturated heterocycles. The van der Waals surface area contributed by atoms with Crippen LogP contribution in [0.25, 0.3) is 10.9 Å². The van der Waals surface area contributed by atoms with Crippen LogP contribution in [0.2, 0.25) is 0 Å². The third-order valence-corrected chi connectivity index (χ3v) is 5.62. The largest absolute Gasteiger partial charge is 0.494 e. The van der Waals surface area contributed by atoms with E-state index < -0.39 is 17.8 Å². The van der Waals surface area contributed by atoms with Crippen LogP contribution in [-0.4, -0.2) is 24.2 Å². The number of fused-ring (bicyclic) bond motifs is 1. The van der Waals surface area contributed by atoms with Crippen LogP contribution < -0.4 is 15.8 Å². The van der Waals surface area contributed by atoms with Crippen molar-refractivity contribution in [2.24, 2.45) is 5.73 Å². The molecule has 0 fully saturated rings. The van der Waals surface area contributed by atoms with Gasteiger partial charge in [0.05, 0.1) is 12.3 Å². The van der Waals surface area contributed by atoms with Crippen molar-refractivity contribution < 1.29 is 18.7 Å². The quantitative estimate of drug-likeness (QED) is 0.288. The number of aromatic nitrogens is 1. The number of nitrogens with one attached hydrogen (secondary N) is 2.